The number of hydrogen-bond donors (Lipinski definition) is 0. The van der Waals surface area contributed by atoms with Gasteiger partial charge in [0.15, 0.2) is 0 Å². The summed E-state index contributed by atoms with van der Waals surface area (Å²) in [5, 5.41) is 5.98. The summed E-state index contributed by atoms with van der Waals surface area (Å²) in [5.41, 5.74) is 3.21. The molecule has 0 spiro atoms. The van der Waals surface area contributed by atoms with Gasteiger partial charge in [-0.1, -0.05) is 30.3 Å². The Morgan fingerprint density at radius 3 is 2.27 bits per heavy atom. The van der Waals surface area contributed by atoms with Crippen LogP contribution in [-0.4, -0.2) is 70.0 Å². The van der Waals surface area contributed by atoms with E-state index in [1.54, 1.807) is 12.4 Å². The monoisotopic (exact) mass is 405 g/mol. The van der Waals surface area contributed by atoms with Crippen molar-refractivity contribution in [1.29, 1.82) is 0 Å². The molecule has 156 valence electrons. The molecule has 0 unspecified atom stereocenters. The van der Waals surface area contributed by atoms with Crippen molar-refractivity contribution in [3.05, 3.63) is 66.0 Å². The Bertz CT molecular complexity index is 892. The zero-order valence-corrected chi connectivity index (χ0v) is 17.1. The molecule has 4 rings (SSSR count). The van der Waals surface area contributed by atoms with Crippen molar-refractivity contribution in [1.82, 2.24) is 19.8 Å². The van der Waals surface area contributed by atoms with Crippen LogP contribution in [0.2, 0.25) is 0 Å². The van der Waals surface area contributed by atoms with Crippen LogP contribution in [0.15, 0.2) is 60.0 Å². The number of amides is 2. The number of carbonyl (C=O) groups is 2. The summed E-state index contributed by atoms with van der Waals surface area (Å²) >= 11 is 0. The number of hydrazone groups is 1. The number of pyridine rings is 1. The van der Waals surface area contributed by atoms with Gasteiger partial charge in [0, 0.05) is 64.4 Å². The van der Waals surface area contributed by atoms with Crippen LogP contribution in [0, 0.1) is 0 Å². The lowest BCUT2D eigenvalue weighted by atomic mass is 10.1. The molecule has 7 nitrogen and oxygen atoms in total. The van der Waals surface area contributed by atoms with Gasteiger partial charge in [-0.05, 0) is 23.3 Å². The minimum atomic E-state index is -0.0781. The Kier molecular flexibility index (Phi) is 6.49. The lowest BCUT2D eigenvalue weighted by molar-refractivity contribution is -0.137. The maximum absolute atomic E-state index is 12.6. The number of piperazine rings is 1. The number of carbonyl (C=O) groups excluding carboxylic acids is 2. The van der Waals surface area contributed by atoms with Gasteiger partial charge in [0.1, 0.15) is 0 Å². The van der Waals surface area contributed by atoms with Crippen LogP contribution in [-0.2, 0) is 16.1 Å². The average Bonchev–Trinajstić information content (AvgIpc) is 3.30. The van der Waals surface area contributed by atoms with Crippen molar-refractivity contribution < 1.29 is 9.59 Å². The lowest BCUT2D eigenvalue weighted by Gasteiger charge is -2.34. The van der Waals surface area contributed by atoms with Crippen LogP contribution in [0.4, 0.5) is 0 Å². The summed E-state index contributed by atoms with van der Waals surface area (Å²) in [5.74, 6) is -0.0241. The van der Waals surface area contributed by atoms with Crippen molar-refractivity contribution in [3.8, 4) is 0 Å². The molecule has 7 heteroatoms. The first kappa shape index (κ1) is 20.2. The van der Waals surface area contributed by atoms with E-state index in [0.29, 0.717) is 19.6 Å². The Labute approximate surface area is 177 Å². The molecule has 1 fully saturated rings. The third-order valence-electron chi connectivity index (χ3n) is 5.63. The van der Waals surface area contributed by atoms with Crippen LogP contribution in [0.3, 0.4) is 0 Å². The van der Waals surface area contributed by atoms with Crippen molar-refractivity contribution in [2.24, 2.45) is 5.10 Å². The van der Waals surface area contributed by atoms with Crippen molar-refractivity contribution >= 4 is 17.5 Å². The van der Waals surface area contributed by atoms with Crippen LogP contribution < -0.4 is 0 Å². The van der Waals surface area contributed by atoms with E-state index >= 15 is 0 Å². The fourth-order valence-electron chi connectivity index (χ4n) is 3.87. The van der Waals surface area contributed by atoms with E-state index in [1.165, 1.54) is 10.6 Å². The van der Waals surface area contributed by atoms with E-state index in [4.69, 9.17) is 0 Å². The zero-order chi connectivity index (χ0) is 20.8. The van der Waals surface area contributed by atoms with Crippen LogP contribution in [0.5, 0.6) is 0 Å². The minimum absolute atomic E-state index is 0.0540. The molecule has 2 aliphatic rings. The number of benzene rings is 1. The fourth-order valence-corrected chi connectivity index (χ4v) is 3.87. The molecule has 2 amide bonds. The summed E-state index contributed by atoms with van der Waals surface area (Å²) in [7, 11) is 0. The largest absolute Gasteiger partial charge is 0.340 e. The maximum atomic E-state index is 12.6. The molecule has 3 heterocycles. The molecule has 0 atom stereocenters. The minimum Gasteiger partial charge on any atom is -0.340 e. The van der Waals surface area contributed by atoms with Gasteiger partial charge in [-0.15, -0.1) is 0 Å². The summed E-state index contributed by atoms with van der Waals surface area (Å²) < 4.78 is 0. The number of aromatic nitrogens is 1. The van der Waals surface area contributed by atoms with Gasteiger partial charge in [0.2, 0.25) is 11.8 Å². The Hall–Kier alpha value is -3.06. The normalized spacial score (nSPS) is 17.1. The molecule has 2 aliphatic heterocycles. The standard InChI is InChI=1S/C23H27N5O2/c29-22(27-16-14-26(15-17-27)18-19-8-11-24-12-9-19)6-7-23(30)28-13-10-21(25-28)20-4-2-1-3-5-20/h1-5,8-9,11-12H,6-7,10,13-18H2. The van der Waals surface area contributed by atoms with Gasteiger partial charge < -0.3 is 4.90 Å². The Balaban J connectivity index is 1.21. The van der Waals surface area contributed by atoms with Crippen molar-refractivity contribution in [3.63, 3.8) is 0 Å². The molecular formula is C23H27N5O2. The lowest BCUT2D eigenvalue weighted by Crippen LogP contribution is -2.48. The van der Waals surface area contributed by atoms with E-state index in [9.17, 15) is 9.59 Å². The number of rotatable bonds is 6. The zero-order valence-electron chi connectivity index (χ0n) is 17.1. The molecule has 0 radical (unpaired) electrons. The second-order valence-electron chi connectivity index (χ2n) is 7.69. The van der Waals surface area contributed by atoms with E-state index in [1.807, 2.05) is 47.4 Å². The fraction of sp³-hybridized carbons (Fsp3) is 0.391. The number of hydrogen-bond acceptors (Lipinski definition) is 5. The van der Waals surface area contributed by atoms with E-state index in [-0.39, 0.29) is 24.7 Å². The quantitative estimate of drug-likeness (QED) is 0.738. The second-order valence-corrected chi connectivity index (χ2v) is 7.69. The maximum Gasteiger partial charge on any atom is 0.243 e. The SMILES string of the molecule is O=C(CCC(=O)N1CCC(c2ccccc2)=N1)N1CCN(Cc2ccncc2)CC1. The predicted octanol–water partition coefficient (Wildman–Crippen LogP) is 2.14. The highest BCUT2D eigenvalue weighted by atomic mass is 16.2. The summed E-state index contributed by atoms with van der Waals surface area (Å²) in [6.45, 7) is 4.57. The topological polar surface area (TPSA) is 69.1 Å². The molecule has 0 bridgehead atoms. The molecule has 1 aromatic heterocycles. The third-order valence-corrected chi connectivity index (χ3v) is 5.63. The molecule has 30 heavy (non-hydrogen) atoms. The van der Waals surface area contributed by atoms with Crippen molar-refractivity contribution in [2.75, 3.05) is 32.7 Å². The predicted molar refractivity (Wildman–Crippen MR) is 115 cm³/mol. The van der Waals surface area contributed by atoms with Gasteiger partial charge in [0.25, 0.3) is 0 Å². The van der Waals surface area contributed by atoms with Crippen LogP contribution >= 0.6 is 0 Å². The molecular weight excluding hydrogens is 378 g/mol. The Morgan fingerprint density at radius 2 is 1.53 bits per heavy atom. The van der Waals surface area contributed by atoms with Gasteiger partial charge in [-0.25, -0.2) is 5.01 Å². The first-order valence-electron chi connectivity index (χ1n) is 10.5. The summed E-state index contributed by atoms with van der Waals surface area (Å²) in [6.07, 6.45) is 4.82. The molecule has 1 saturated heterocycles. The molecule has 1 aromatic carbocycles. The van der Waals surface area contributed by atoms with E-state index in [2.05, 4.69) is 15.0 Å². The molecule has 2 aromatic rings. The average molecular weight is 406 g/mol. The van der Waals surface area contributed by atoms with E-state index in [0.717, 1.165) is 37.3 Å². The molecule has 0 saturated carbocycles. The highest BCUT2D eigenvalue weighted by molar-refractivity contribution is 6.02. The highest BCUT2D eigenvalue weighted by Gasteiger charge is 2.25. The van der Waals surface area contributed by atoms with E-state index < -0.39 is 0 Å². The van der Waals surface area contributed by atoms with Gasteiger partial charge in [-0.2, -0.15) is 5.10 Å². The highest BCUT2D eigenvalue weighted by Crippen LogP contribution is 2.16. The first-order chi connectivity index (χ1) is 14.7. The van der Waals surface area contributed by atoms with Crippen LogP contribution in [0.1, 0.15) is 30.4 Å². The van der Waals surface area contributed by atoms with Crippen LogP contribution in [0.25, 0.3) is 0 Å². The smallest absolute Gasteiger partial charge is 0.243 e. The third kappa shape index (κ3) is 5.10. The first-order valence-corrected chi connectivity index (χ1v) is 10.5. The summed E-state index contributed by atoms with van der Waals surface area (Å²) in [4.78, 5) is 33.3. The summed E-state index contributed by atoms with van der Waals surface area (Å²) in [6, 6.07) is 14.0. The molecule has 0 aliphatic carbocycles. The Morgan fingerprint density at radius 1 is 0.833 bits per heavy atom. The van der Waals surface area contributed by atoms with Gasteiger partial charge >= 0.3 is 0 Å². The second kappa shape index (κ2) is 9.63. The number of nitrogens with zero attached hydrogens (tertiary/aromatic N) is 5. The van der Waals surface area contributed by atoms with Gasteiger partial charge in [0.05, 0.1) is 12.3 Å². The molecule has 0 N–H and O–H groups in total. The van der Waals surface area contributed by atoms with Crippen molar-refractivity contribution in [2.45, 2.75) is 25.8 Å². The van der Waals surface area contributed by atoms with Gasteiger partial charge in [-0.3, -0.25) is 19.5 Å².